The van der Waals surface area contributed by atoms with Crippen LogP contribution in [0.5, 0.6) is 0 Å². The van der Waals surface area contributed by atoms with Crippen LogP contribution in [0.4, 0.5) is 0 Å². The van der Waals surface area contributed by atoms with Gasteiger partial charge >= 0.3 is 0 Å². The molecule has 2 aromatic rings. The largest absolute Gasteiger partial charge is 0.273 e. The Morgan fingerprint density at radius 1 is 1.04 bits per heavy atom. The van der Waals surface area contributed by atoms with Gasteiger partial charge in [-0.25, -0.2) is 5.43 Å². The smallest absolute Gasteiger partial charge is 0.240 e. The van der Waals surface area contributed by atoms with E-state index in [1.807, 2.05) is 6.92 Å². The molecule has 0 atom stereocenters. The molecule has 0 aliphatic heterocycles. The highest BCUT2D eigenvalue weighted by Gasteiger charge is 2.13. The molecule has 0 spiro atoms. The van der Waals surface area contributed by atoms with Crippen LogP contribution in [0, 0.1) is 6.92 Å². The molecule has 1 amide bonds. The molecule has 2 rings (SSSR count). The van der Waals surface area contributed by atoms with Crippen LogP contribution >= 0.6 is 11.8 Å². The lowest BCUT2D eigenvalue weighted by Crippen LogP contribution is -2.19. The van der Waals surface area contributed by atoms with Crippen LogP contribution in [-0.4, -0.2) is 17.4 Å². The molecular formula is C22H28N2OS. The quantitative estimate of drug-likeness (QED) is 0.426. The Morgan fingerprint density at radius 3 is 2.23 bits per heavy atom. The fourth-order valence-corrected chi connectivity index (χ4v) is 3.23. The van der Waals surface area contributed by atoms with Gasteiger partial charge in [0.25, 0.3) is 0 Å². The standard InChI is InChI=1S/C22H28N2OS/c1-16-6-12-20(13-7-16)26-15-14-21(25)24-23-17(2)18-8-10-19(11-9-18)22(3,4)5/h6-13H,14-15H2,1-5H3,(H,24,25)/b23-17-. The Kier molecular flexibility index (Phi) is 7.04. The Balaban J connectivity index is 1.82. The van der Waals surface area contributed by atoms with E-state index in [1.165, 1.54) is 16.0 Å². The van der Waals surface area contributed by atoms with Gasteiger partial charge in [-0.3, -0.25) is 4.79 Å². The fraction of sp³-hybridized carbons (Fsp3) is 0.364. The normalized spacial score (nSPS) is 12.1. The first-order chi connectivity index (χ1) is 12.3. The highest BCUT2D eigenvalue weighted by Crippen LogP contribution is 2.22. The molecule has 0 aromatic heterocycles. The zero-order chi connectivity index (χ0) is 19.2. The lowest BCUT2D eigenvalue weighted by Gasteiger charge is -2.19. The Morgan fingerprint density at radius 2 is 1.65 bits per heavy atom. The molecule has 0 fully saturated rings. The minimum atomic E-state index is -0.0599. The van der Waals surface area contributed by atoms with Crippen LogP contribution in [0.25, 0.3) is 0 Å². The van der Waals surface area contributed by atoms with Gasteiger partial charge in [0.2, 0.25) is 5.91 Å². The highest BCUT2D eigenvalue weighted by atomic mass is 32.2. The molecule has 3 nitrogen and oxygen atoms in total. The summed E-state index contributed by atoms with van der Waals surface area (Å²) in [6.45, 7) is 10.6. The van der Waals surface area contributed by atoms with Gasteiger partial charge in [-0.15, -0.1) is 11.8 Å². The Labute approximate surface area is 161 Å². The fourth-order valence-electron chi connectivity index (χ4n) is 2.37. The predicted octanol–water partition coefficient (Wildman–Crippen LogP) is 5.32. The number of benzene rings is 2. The summed E-state index contributed by atoms with van der Waals surface area (Å²) >= 11 is 1.68. The Hall–Kier alpha value is -2.07. The molecule has 0 saturated carbocycles. The van der Waals surface area contributed by atoms with Crippen LogP contribution in [0.3, 0.4) is 0 Å². The first-order valence-corrected chi connectivity index (χ1v) is 9.88. The van der Waals surface area contributed by atoms with Gasteiger partial charge in [0.05, 0.1) is 5.71 Å². The number of carbonyl (C=O) groups is 1. The van der Waals surface area contributed by atoms with Gasteiger partial charge in [-0.1, -0.05) is 62.7 Å². The zero-order valence-corrected chi connectivity index (χ0v) is 17.1. The van der Waals surface area contributed by atoms with Crippen LogP contribution < -0.4 is 5.43 Å². The molecular weight excluding hydrogens is 340 g/mol. The molecule has 0 heterocycles. The number of hydrogen-bond acceptors (Lipinski definition) is 3. The minimum absolute atomic E-state index is 0.0599. The van der Waals surface area contributed by atoms with Crippen molar-refractivity contribution in [2.45, 2.75) is 51.3 Å². The first kappa shape index (κ1) is 20.2. The van der Waals surface area contributed by atoms with E-state index in [2.05, 4.69) is 86.8 Å². The number of nitrogens with zero attached hydrogens (tertiary/aromatic N) is 1. The van der Waals surface area contributed by atoms with Crippen LogP contribution in [-0.2, 0) is 10.2 Å². The number of rotatable bonds is 6. The lowest BCUT2D eigenvalue weighted by atomic mass is 9.86. The SMILES string of the molecule is C/C(=N/NC(=O)CCSc1ccc(C)cc1)c1ccc(C(C)(C)C)cc1. The van der Waals surface area contributed by atoms with Crippen molar-refractivity contribution in [3.8, 4) is 0 Å². The molecule has 0 unspecified atom stereocenters. The van der Waals surface area contributed by atoms with E-state index in [-0.39, 0.29) is 11.3 Å². The molecule has 26 heavy (non-hydrogen) atoms. The molecule has 2 aromatic carbocycles. The lowest BCUT2D eigenvalue weighted by molar-refractivity contribution is -0.120. The van der Waals surface area contributed by atoms with E-state index in [0.717, 1.165) is 17.0 Å². The van der Waals surface area contributed by atoms with Crippen molar-refractivity contribution < 1.29 is 4.79 Å². The second-order valence-electron chi connectivity index (χ2n) is 7.47. The van der Waals surface area contributed by atoms with Crippen molar-refractivity contribution >= 4 is 23.4 Å². The Bertz CT molecular complexity index is 756. The van der Waals surface area contributed by atoms with Crippen molar-refractivity contribution in [2.75, 3.05) is 5.75 Å². The summed E-state index contributed by atoms with van der Waals surface area (Å²) in [5.41, 5.74) is 7.15. The number of nitrogens with one attached hydrogen (secondary N) is 1. The van der Waals surface area contributed by atoms with E-state index >= 15 is 0 Å². The van der Waals surface area contributed by atoms with E-state index in [1.54, 1.807) is 11.8 Å². The molecule has 138 valence electrons. The highest BCUT2D eigenvalue weighted by molar-refractivity contribution is 7.99. The summed E-state index contributed by atoms with van der Waals surface area (Å²) in [4.78, 5) is 13.2. The maximum absolute atomic E-state index is 12.0. The van der Waals surface area contributed by atoms with E-state index in [0.29, 0.717) is 6.42 Å². The molecule has 1 N–H and O–H groups in total. The van der Waals surface area contributed by atoms with Crippen molar-refractivity contribution in [1.82, 2.24) is 5.43 Å². The topological polar surface area (TPSA) is 41.5 Å². The van der Waals surface area contributed by atoms with Gasteiger partial charge in [-0.05, 0) is 42.5 Å². The van der Waals surface area contributed by atoms with E-state index < -0.39 is 0 Å². The molecule has 0 radical (unpaired) electrons. The summed E-state index contributed by atoms with van der Waals surface area (Å²) in [6, 6.07) is 16.7. The summed E-state index contributed by atoms with van der Waals surface area (Å²) in [6.07, 6.45) is 0.443. The van der Waals surface area contributed by atoms with E-state index in [4.69, 9.17) is 0 Å². The van der Waals surface area contributed by atoms with Gasteiger partial charge in [-0.2, -0.15) is 5.10 Å². The van der Waals surface area contributed by atoms with Crippen LogP contribution in [0.15, 0.2) is 58.5 Å². The summed E-state index contributed by atoms with van der Waals surface area (Å²) in [7, 11) is 0. The molecule has 0 bridgehead atoms. The summed E-state index contributed by atoms with van der Waals surface area (Å²) < 4.78 is 0. The molecule has 0 aliphatic carbocycles. The van der Waals surface area contributed by atoms with E-state index in [9.17, 15) is 4.79 Å². The maximum atomic E-state index is 12.0. The van der Waals surface area contributed by atoms with Gasteiger partial charge in [0.15, 0.2) is 0 Å². The zero-order valence-electron chi connectivity index (χ0n) is 16.3. The third-order valence-corrected chi connectivity index (χ3v) is 5.15. The minimum Gasteiger partial charge on any atom is -0.273 e. The number of thioether (sulfide) groups is 1. The van der Waals surface area contributed by atoms with Gasteiger partial charge in [0.1, 0.15) is 0 Å². The number of amides is 1. The monoisotopic (exact) mass is 368 g/mol. The van der Waals surface area contributed by atoms with Crippen molar-refractivity contribution in [2.24, 2.45) is 5.10 Å². The number of carbonyl (C=O) groups excluding carboxylic acids is 1. The molecule has 4 heteroatoms. The number of hydrogen-bond donors (Lipinski definition) is 1. The maximum Gasteiger partial charge on any atom is 0.240 e. The third-order valence-electron chi connectivity index (χ3n) is 4.14. The van der Waals surface area contributed by atoms with Gasteiger partial charge < -0.3 is 0 Å². The van der Waals surface area contributed by atoms with Gasteiger partial charge in [0, 0.05) is 17.1 Å². The van der Waals surface area contributed by atoms with Crippen molar-refractivity contribution in [3.05, 3.63) is 65.2 Å². The first-order valence-electron chi connectivity index (χ1n) is 8.89. The summed E-state index contributed by atoms with van der Waals surface area (Å²) in [5.74, 6) is 0.680. The average Bonchev–Trinajstić information content (AvgIpc) is 2.61. The second-order valence-corrected chi connectivity index (χ2v) is 8.64. The molecule has 0 aliphatic rings. The average molecular weight is 369 g/mol. The predicted molar refractivity (Wildman–Crippen MR) is 112 cm³/mol. The van der Waals surface area contributed by atoms with Crippen LogP contribution in [0.1, 0.15) is 50.8 Å². The number of hydrazone groups is 1. The molecule has 0 saturated heterocycles. The third kappa shape index (κ3) is 6.34. The summed E-state index contributed by atoms with van der Waals surface area (Å²) in [5, 5.41) is 4.23. The van der Waals surface area contributed by atoms with Crippen molar-refractivity contribution in [1.29, 1.82) is 0 Å². The van der Waals surface area contributed by atoms with Crippen molar-refractivity contribution in [3.63, 3.8) is 0 Å². The number of aryl methyl sites for hydroxylation is 1. The second kappa shape index (κ2) is 9.04. The van der Waals surface area contributed by atoms with Crippen LogP contribution in [0.2, 0.25) is 0 Å².